The molecule has 0 bridgehead atoms. The fraction of sp³-hybridized carbons (Fsp3) is 0.615. The van der Waals surface area contributed by atoms with Gasteiger partial charge in [-0.15, -0.1) is 0 Å². The van der Waals surface area contributed by atoms with E-state index < -0.39 is 0 Å². The first kappa shape index (κ1) is 10.6. The Morgan fingerprint density at radius 3 is 3.00 bits per heavy atom. The Kier molecular flexibility index (Phi) is 3.37. The Balaban J connectivity index is 2.16. The van der Waals surface area contributed by atoms with E-state index in [0.29, 0.717) is 11.8 Å². The van der Waals surface area contributed by atoms with Gasteiger partial charge in [0.15, 0.2) is 0 Å². The number of nitrogens with zero attached hydrogens (tertiary/aromatic N) is 1. The quantitative estimate of drug-likeness (QED) is 0.740. The second kappa shape index (κ2) is 4.75. The third-order valence-electron chi connectivity index (χ3n) is 3.05. The molecule has 1 aromatic rings. The van der Waals surface area contributed by atoms with E-state index in [2.05, 4.69) is 31.0 Å². The fourth-order valence-corrected chi connectivity index (χ4v) is 2.02. The van der Waals surface area contributed by atoms with Crippen molar-refractivity contribution in [3.8, 4) is 0 Å². The van der Waals surface area contributed by atoms with Gasteiger partial charge in [0.05, 0.1) is 6.61 Å². The van der Waals surface area contributed by atoms with E-state index in [-0.39, 0.29) is 0 Å². The predicted molar refractivity (Wildman–Crippen MR) is 61.1 cm³/mol. The average Bonchev–Trinajstić information content (AvgIpc) is 2.30. The highest BCUT2D eigenvalue weighted by Crippen LogP contribution is 2.25. The van der Waals surface area contributed by atoms with E-state index in [1.807, 2.05) is 6.20 Å². The molecular weight excluding hydrogens is 186 g/mol. The van der Waals surface area contributed by atoms with Crippen LogP contribution in [0.25, 0.3) is 0 Å². The molecule has 0 aliphatic carbocycles. The van der Waals surface area contributed by atoms with Gasteiger partial charge in [0.2, 0.25) is 0 Å². The lowest BCUT2D eigenvalue weighted by Gasteiger charge is -2.22. The lowest BCUT2D eigenvalue weighted by molar-refractivity contribution is 0.0793. The molecule has 0 unspecified atom stereocenters. The predicted octanol–water partition coefficient (Wildman–Crippen LogP) is 3.10. The first-order chi connectivity index (χ1) is 7.27. The van der Waals surface area contributed by atoms with E-state index in [9.17, 15) is 0 Å². The zero-order chi connectivity index (χ0) is 10.7. The highest BCUT2D eigenvalue weighted by molar-refractivity contribution is 5.22. The molecular formula is C13H19NO. The number of aromatic nitrogens is 1. The lowest BCUT2D eigenvalue weighted by atomic mass is 9.95. The summed E-state index contributed by atoms with van der Waals surface area (Å²) in [6.07, 6.45) is 4.31. The first-order valence-electron chi connectivity index (χ1n) is 5.81. The van der Waals surface area contributed by atoms with Gasteiger partial charge in [-0.1, -0.05) is 13.8 Å². The van der Waals surface area contributed by atoms with Crippen LogP contribution in [-0.4, -0.2) is 18.2 Å². The van der Waals surface area contributed by atoms with E-state index in [4.69, 9.17) is 4.74 Å². The molecule has 2 heteroatoms. The van der Waals surface area contributed by atoms with Gasteiger partial charge >= 0.3 is 0 Å². The van der Waals surface area contributed by atoms with Crippen molar-refractivity contribution in [3.05, 3.63) is 29.6 Å². The van der Waals surface area contributed by atoms with Crippen molar-refractivity contribution in [2.75, 3.05) is 13.2 Å². The molecule has 2 nitrogen and oxygen atoms in total. The van der Waals surface area contributed by atoms with Gasteiger partial charge in [0, 0.05) is 24.4 Å². The van der Waals surface area contributed by atoms with Crippen LogP contribution in [0.1, 0.15) is 49.8 Å². The zero-order valence-electron chi connectivity index (χ0n) is 9.57. The van der Waals surface area contributed by atoms with Crippen LogP contribution in [0.2, 0.25) is 0 Å². The summed E-state index contributed by atoms with van der Waals surface area (Å²) in [4.78, 5) is 4.47. The summed E-state index contributed by atoms with van der Waals surface area (Å²) in [6.45, 7) is 6.20. The molecule has 1 saturated heterocycles. The zero-order valence-corrected chi connectivity index (χ0v) is 9.57. The van der Waals surface area contributed by atoms with Crippen LogP contribution in [0, 0.1) is 0 Å². The molecule has 0 N–H and O–H groups in total. The molecule has 82 valence electrons. The molecule has 0 aromatic carbocycles. The number of hydrogen-bond donors (Lipinski definition) is 0. The molecule has 0 saturated carbocycles. The molecule has 2 heterocycles. The SMILES string of the molecule is CC(C)c1ccnc([C@@H]2CCCOC2)c1. The summed E-state index contributed by atoms with van der Waals surface area (Å²) in [5, 5.41) is 0. The number of hydrogen-bond acceptors (Lipinski definition) is 2. The Hall–Kier alpha value is -0.890. The maximum atomic E-state index is 5.50. The van der Waals surface area contributed by atoms with Gasteiger partial charge in [-0.2, -0.15) is 0 Å². The van der Waals surface area contributed by atoms with E-state index in [1.54, 1.807) is 0 Å². The van der Waals surface area contributed by atoms with E-state index >= 15 is 0 Å². The second-order valence-electron chi connectivity index (χ2n) is 4.58. The minimum atomic E-state index is 0.512. The van der Waals surface area contributed by atoms with Crippen molar-refractivity contribution < 1.29 is 4.74 Å². The van der Waals surface area contributed by atoms with E-state index in [1.165, 1.54) is 17.7 Å². The van der Waals surface area contributed by atoms with Crippen molar-refractivity contribution in [2.24, 2.45) is 0 Å². The molecule has 1 aliphatic rings. The molecule has 15 heavy (non-hydrogen) atoms. The van der Waals surface area contributed by atoms with Gasteiger partial charge in [-0.25, -0.2) is 0 Å². The summed E-state index contributed by atoms with van der Waals surface area (Å²) in [5.74, 6) is 1.09. The molecule has 0 amide bonds. The smallest absolute Gasteiger partial charge is 0.0549 e. The van der Waals surface area contributed by atoms with Gasteiger partial charge in [-0.3, -0.25) is 4.98 Å². The second-order valence-corrected chi connectivity index (χ2v) is 4.58. The summed E-state index contributed by atoms with van der Waals surface area (Å²) in [5.41, 5.74) is 2.59. The minimum absolute atomic E-state index is 0.512. The Labute approximate surface area is 91.7 Å². The van der Waals surface area contributed by atoms with Crippen LogP contribution >= 0.6 is 0 Å². The Morgan fingerprint density at radius 2 is 2.33 bits per heavy atom. The van der Waals surface area contributed by atoms with Crippen LogP contribution in [0.15, 0.2) is 18.3 Å². The Morgan fingerprint density at radius 1 is 1.47 bits per heavy atom. The highest BCUT2D eigenvalue weighted by atomic mass is 16.5. The van der Waals surface area contributed by atoms with Crippen LogP contribution in [-0.2, 0) is 4.74 Å². The molecule has 0 spiro atoms. The Bertz CT molecular complexity index is 316. The number of pyridine rings is 1. The third kappa shape index (κ3) is 2.57. The normalized spacial score (nSPS) is 21.9. The molecule has 1 fully saturated rings. The maximum Gasteiger partial charge on any atom is 0.0549 e. The molecule has 1 atom stereocenters. The summed E-state index contributed by atoms with van der Waals surface area (Å²) in [7, 11) is 0. The van der Waals surface area contributed by atoms with Gasteiger partial charge < -0.3 is 4.74 Å². The van der Waals surface area contributed by atoms with E-state index in [0.717, 1.165) is 19.6 Å². The van der Waals surface area contributed by atoms with Crippen LogP contribution < -0.4 is 0 Å². The molecule has 2 rings (SSSR count). The summed E-state index contributed by atoms with van der Waals surface area (Å²) in [6, 6.07) is 4.35. The first-order valence-corrected chi connectivity index (χ1v) is 5.81. The lowest BCUT2D eigenvalue weighted by Crippen LogP contribution is -2.16. The number of ether oxygens (including phenoxy) is 1. The minimum Gasteiger partial charge on any atom is -0.381 e. The monoisotopic (exact) mass is 205 g/mol. The third-order valence-corrected chi connectivity index (χ3v) is 3.05. The van der Waals surface area contributed by atoms with Crippen molar-refractivity contribution in [3.63, 3.8) is 0 Å². The highest BCUT2D eigenvalue weighted by Gasteiger charge is 2.17. The standard InChI is InChI=1S/C13H19NO/c1-10(2)11-5-6-14-13(8-11)12-4-3-7-15-9-12/h5-6,8,10,12H,3-4,7,9H2,1-2H3/t12-/m1/s1. The topological polar surface area (TPSA) is 22.1 Å². The summed E-state index contributed by atoms with van der Waals surface area (Å²) >= 11 is 0. The van der Waals surface area contributed by atoms with Crippen molar-refractivity contribution in [1.82, 2.24) is 4.98 Å². The van der Waals surface area contributed by atoms with Gasteiger partial charge in [-0.05, 0) is 36.5 Å². The van der Waals surface area contributed by atoms with Gasteiger partial charge in [0.1, 0.15) is 0 Å². The van der Waals surface area contributed by atoms with Crippen LogP contribution in [0.4, 0.5) is 0 Å². The molecule has 1 aromatic heterocycles. The average molecular weight is 205 g/mol. The molecule has 1 aliphatic heterocycles. The van der Waals surface area contributed by atoms with Crippen molar-refractivity contribution in [1.29, 1.82) is 0 Å². The molecule has 0 radical (unpaired) electrons. The fourth-order valence-electron chi connectivity index (χ4n) is 2.02. The van der Waals surface area contributed by atoms with Crippen molar-refractivity contribution >= 4 is 0 Å². The van der Waals surface area contributed by atoms with Gasteiger partial charge in [0.25, 0.3) is 0 Å². The largest absolute Gasteiger partial charge is 0.381 e. The van der Waals surface area contributed by atoms with Crippen LogP contribution in [0.3, 0.4) is 0 Å². The number of rotatable bonds is 2. The maximum absolute atomic E-state index is 5.50. The van der Waals surface area contributed by atoms with Crippen LogP contribution in [0.5, 0.6) is 0 Å². The van der Waals surface area contributed by atoms with Crippen molar-refractivity contribution in [2.45, 2.75) is 38.5 Å². The summed E-state index contributed by atoms with van der Waals surface area (Å²) < 4.78 is 5.50.